The molecule has 6 nitrogen and oxygen atoms in total. The van der Waals surface area contributed by atoms with Gasteiger partial charge in [-0.15, -0.1) is 0 Å². The number of nitrogens with one attached hydrogen (secondary N) is 1. The van der Waals surface area contributed by atoms with E-state index in [2.05, 4.69) is 12.2 Å². The number of rotatable bonds is 3. The number of anilines is 1. The number of nitro groups is 1. The number of benzene rings is 1. The van der Waals surface area contributed by atoms with Crippen molar-refractivity contribution in [3.63, 3.8) is 0 Å². The molecule has 0 bridgehead atoms. The van der Waals surface area contributed by atoms with E-state index < -0.39 is 11.0 Å². The van der Waals surface area contributed by atoms with Gasteiger partial charge in [0.1, 0.15) is 6.10 Å². The van der Waals surface area contributed by atoms with E-state index in [1.54, 1.807) is 6.07 Å². The molecule has 108 valence electrons. The van der Waals surface area contributed by atoms with Gasteiger partial charge in [-0.1, -0.05) is 19.4 Å². The van der Waals surface area contributed by atoms with E-state index in [9.17, 15) is 14.9 Å². The Morgan fingerprint density at radius 2 is 2.15 bits per heavy atom. The molecule has 1 amide bonds. The van der Waals surface area contributed by atoms with E-state index in [1.807, 2.05) is 0 Å². The van der Waals surface area contributed by atoms with Crippen molar-refractivity contribution in [2.45, 2.75) is 38.7 Å². The van der Waals surface area contributed by atoms with Gasteiger partial charge < -0.3 is 4.74 Å². The molecule has 1 fully saturated rings. The van der Waals surface area contributed by atoms with Crippen LogP contribution in [0.3, 0.4) is 0 Å². The standard InChI is InChI=1S/C14H18N2O4/c1-10-5-2-3-8-13(10)20-14(17)15-11-6-4-7-12(9-11)16(18)19/h4,6-7,9-10,13H,2-3,5,8H2,1H3,(H,15,17)/t10-,13-/m0/s1. The van der Waals surface area contributed by atoms with Gasteiger partial charge in [0.25, 0.3) is 5.69 Å². The smallest absolute Gasteiger partial charge is 0.411 e. The van der Waals surface area contributed by atoms with Gasteiger partial charge in [0.15, 0.2) is 0 Å². The number of nitro benzene ring substituents is 1. The van der Waals surface area contributed by atoms with Crippen molar-refractivity contribution in [1.82, 2.24) is 0 Å². The van der Waals surface area contributed by atoms with E-state index in [0.717, 1.165) is 19.3 Å². The summed E-state index contributed by atoms with van der Waals surface area (Å²) >= 11 is 0. The second-order valence-electron chi connectivity index (χ2n) is 5.14. The number of non-ortho nitro benzene ring substituents is 1. The molecule has 0 radical (unpaired) electrons. The minimum absolute atomic E-state index is 0.0613. The lowest BCUT2D eigenvalue weighted by atomic mass is 9.88. The summed E-state index contributed by atoms with van der Waals surface area (Å²) in [5.74, 6) is 0.361. The van der Waals surface area contributed by atoms with Crippen molar-refractivity contribution in [2.24, 2.45) is 5.92 Å². The van der Waals surface area contributed by atoms with Crippen LogP contribution in [0.5, 0.6) is 0 Å². The Hall–Kier alpha value is -2.11. The zero-order valence-corrected chi connectivity index (χ0v) is 11.4. The summed E-state index contributed by atoms with van der Waals surface area (Å²) < 4.78 is 5.39. The zero-order valence-electron chi connectivity index (χ0n) is 11.4. The summed E-state index contributed by atoms with van der Waals surface area (Å²) in [7, 11) is 0. The summed E-state index contributed by atoms with van der Waals surface area (Å²) in [6.45, 7) is 2.07. The Kier molecular flexibility index (Phi) is 4.55. The van der Waals surface area contributed by atoms with Crippen LogP contribution in [-0.2, 0) is 4.74 Å². The molecule has 1 saturated carbocycles. The van der Waals surface area contributed by atoms with E-state index >= 15 is 0 Å². The molecular formula is C14H18N2O4. The van der Waals surface area contributed by atoms with Crippen LogP contribution < -0.4 is 5.32 Å². The molecule has 0 aliphatic heterocycles. The maximum Gasteiger partial charge on any atom is 0.411 e. The second kappa shape index (κ2) is 6.36. The van der Waals surface area contributed by atoms with Crippen LogP contribution >= 0.6 is 0 Å². The van der Waals surface area contributed by atoms with Crippen molar-refractivity contribution >= 4 is 17.5 Å². The van der Waals surface area contributed by atoms with Crippen LogP contribution in [0.15, 0.2) is 24.3 Å². The first-order valence-electron chi connectivity index (χ1n) is 6.78. The van der Waals surface area contributed by atoms with Gasteiger partial charge in [-0.25, -0.2) is 4.79 Å². The van der Waals surface area contributed by atoms with Gasteiger partial charge in [-0.3, -0.25) is 15.4 Å². The molecule has 0 saturated heterocycles. The summed E-state index contributed by atoms with van der Waals surface area (Å²) in [5, 5.41) is 13.2. The normalized spacial score (nSPS) is 22.1. The fraction of sp³-hybridized carbons (Fsp3) is 0.500. The Morgan fingerprint density at radius 1 is 1.40 bits per heavy atom. The van der Waals surface area contributed by atoms with E-state index in [1.165, 1.54) is 24.6 Å². The molecule has 0 aromatic heterocycles. The summed E-state index contributed by atoms with van der Waals surface area (Å²) in [6.07, 6.45) is 3.57. The third-order valence-corrected chi connectivity index (χ3v) is 3.59. The fourth-order valence-electron chi connectivity index (χ4n) is 2.44. The number of hydrogen-bond acceptors (Lipinski definition) is 4. The van der Waals surface area contributed by atoms with Crippen molar-refractivity contribution in [2.75, 3.05) is 5.32 Å². The van der Waals surface area contributed by atoms with Gasteiger partial charge >= 0.3 is 6.09 Å². The third-order valence-electron chi connectivity index (χ3n) is 3.59. The average Bonchev–Trinajstić information content (AvgIpc) is 2.41. The molecule has 1 aromatic rings. The van der Waals surface area contributed by atoms with Gasteiger partial charge in [0, 0.05) is 12.1 Å². The molecular weight excluding hydrogens is 260 g/mol. The highest BCUT2D eigenvalue weighted by Crippen LogP contribution is 2.26. The number of carbonyl (C=O) groups is 1. The summed E-state index contributed by atoms with van der Waals surface area (Å²) in [6, 6.07) is 5.81. The molecule has 1 aliphatic rings. The number of amides is 1. The zero-order chi connectivity index (χ0) is 14.5. The van der Waals surface area contributed by atoms with Crippen molar-refractivity contribution in [3.05, 3.63) is 34.4 Å². The van der Waals surface area contributed by atoms with Crippen LogP contribution in [0.1, 0.15) is 32.6 Å². The van der Waals surface area contributed by atoms with E-state index in [-0.39, 0.29) is 11.8 Å². The molecule has 0 unspecified atom stereocenters. The summed E-state index contributed by atoms with van der Waals surface area (Å²) in [4.78, 5) is 22.0. The van der Waals surface area contributed by atoms with E-state index in [4.69, 9.17) is 4.74 Å². The molecule has 0 spiro atoms. The minimum atomic E-state index is -0.552. The van der Waals surface area contributed by atoms with E-state index in [0.29, 0.717) is 11.6 Å². The van der Waals surface area contributed by atoms with Crippen molar-refractivity contribution in [1.29, 1.82) is 0 Å². The van der Waals surface area contributed by atoms with Crippen LogP contribution in [0, 0.1) is 16.0 Å². The molecule has 0 heterocycles. The Labute approximate surface area is 117 Å². The number of hydrogen-bond donors (Lipinski definition) is 1. The highest BCUT2D eigenvalue weighted by Gasteiger charge is 2.24. The Morgan fingerprint density at radius 3 is 2.85 bits per heavy atom. The predicted molar refractivity (Wildman–Crippen MR) is 74.6 cm³/mol. The van der Waals surface area contributed by atoms with Gasteiger partial charge in [-0.2, -0.15) is 0 Å². The molecule has 20 heavy (non-hydrogen) atoms. The second-order valence-corrected chi connectivity index (χ2v) is 5.14. The molecule has 2 rings (SSSR count). The number of nitrogens with zero attached hydrogens (tertiary/aromatic N) is 1. The fourth-order valence-corrected chi connectivity index (χ4v) is 2.44. The third kappa shape index (κ3) is 3.69. The largest absolute Gasteiger partial charge is 0.446 e. The SMILES string of the molecule is C[C@H]1CCCC[C@@H]1OC(=O)Nc1cccc([N+](=O)[O-])c1. The molecule has 1 aliphatic carbocycles. The van der Waals surface area contributed by atoms with Crippen molar-refractivity contribution < 1.29 is 14.5 Å². The lowest BCUT2D eigenvalue weighted by Crippen LogP contribution is -2.30. The van der Waals surface area contributed by atoms with Crippen LogP contribution in [0.2, 0.25) is 0 Å². The first-order chi connectivity index (χ1) is 9.56. The number of ether oxygens (including phenoxy) is 1. The quantitative estimate of drug-likeness (QED) is 0.674. The topological polar surface area (TPSA) is 81.5 Å². The highest BCUT2D eigenvalue weighted by atomic mass is 16.6. The molecule has 2 atom stereocenters. The molecule has 1 aromatic carbocycles. The minimum Gasteiger partial charge on any atom is -0.446 e. The Balaban J connectivity index is 1.94. The van der Waals surface area contributed by atoms with Crippen LogP contribution in [0.4, 0.5) is 16.2 Å². The van der Waals surface area contributed by atoms with Gasteiger partial charge in [0.05, 0.1) is 10.6 Å². The molecule has 6 heteroatoms. The Bertz CT molecular complexity index is 504. The number of carbonyl (C=O) groups excluding carboxylic acids is 1. The van der Waals surface area contributed by atoms with Crippen LogP contribution in [-0.4, -0.2) is 17.1 Å². The first kappa shape index (κ1) is 14.3. The first-order valence-corrected chi connectivity index (χ1v) is 6.78. The van der Waals surface area contributed by atoms with Gasteiger partial charge in [0.2, 0.25) is 0 Å². The lowest BCUT2D eigenvalue weighted by Gasteiger charge is -2.28. The van der Waals surface area contributed by atoms with Crippen molar-refractivity contribution in [3.8, 4) is 0 Å². The maximum absolute atomic E-state index is 11.8. The predicted octanol–water partition coefficient (Wildman–Crippen LogP) is 3.72. The van der Waals surface area contributed by atoms with Gasteiger partial charge in [-0.05, 0) is 31.2 Å². The van der Waals surface area contributed by atoms with Crippen LogP contribution in [0.25, 0.3) is 0 Å². The lowest BCUT2D eigenvalue weighted by molar-refractivity contribution is -0.384. The summed E-state index contributed by atoms with van der Waals surface area (Å²) in [5.41, 5.74) is 0.307. The highest BCUT2D eigenvalue weighted by molar-refractivity contribution is 5.85. The molecule has 1 N–H and O–H groups in total. The average molecular weight is 278 g/mol. The maximum atomic E-state index is 11.8. The monoisotopic (exact) mass is 278 g/mol.